The number of guanidine groups is 1. The Morgan fingerprint density at radius 3 is 2.81 bits per heavy atom. The highest BCUT2D eigenvalue weighted by Crippen LogP contribution is 2.12. The van der Waals surface area contributed by atoms with E-state index in [1.807, 2.05) is 27.7 Å². The van der Waals surface area contributed by atoms with Gasteiger partial charge in [0, 0.05) is 19.6 Å². The van der Waals surface area contributed by atoms with Crippen molar-refractivity contribution in [1.82, 2.24) is 15.5 Å². The van der Waals surface area contributed by atoms with Crippen LogP contribution in [-0.4, -0.2) is 54.8 Å². The average Bonchev–Trinajstić information content (AvgIpc) is 2.80. The Morgan fingerprint density at radius 2 is 2.24 bits per heavy atom. The summed E-state index contributed by atoms with van der Waals surface area (Å²) in [6.45, 7) is 10.2. The number of nitrogens with zero attached hydrogens (tertiary/aromatic N) is 2. The molecule has 1 rings (SSSR count). The number of carbonyl (C=O) groups excluding carboxylic acids is 1. The van der Waals surface area contributed by atoms with E-state index in [0.29, 0.717) is 13.1 Å². The first-order valence-corrected chi connectivity index (χ1v) is 7.32. The number of hydrogen-bond donors (Lipinski definition) is 2. The fourth-order valence-electron chi connectivity index (χ4n) is 2.09. The van der Waals surface area contributed by atoms with Gasteiger partial charge in [-0.05, 0) is 34.1 Å². The van der Waals surface area contributed by atoms with Crippen molar-refractivity contribution < 1.29 is 9.53 Å². The lowest BCUT2D eigenvalue weighted by molar-refractivity contribution is 0.0507. The largest absolute Gasteiger partial charge is 0.444 e. The van der Waals surface area contributed by atoms with Crippen molar-refractivity contribution in [2.75, 3.05) is 26.2 Å². The smallest absolute Gasteiger partial charge is 0.407 e. The van der Waals surface area contributed by atoms with E-state index in [1.54, 1.807) is 0 Å². The second-order valence-corrected chi connectivity index (χ2v) is 5.95. The summed E-state index contributed by atoms with van der Waals surface area (Å²) in [4.78, 5) is 18.2. The number of likely N-dealkylation sites (tertiary alicyclic amines) is 1. The van der Waals surface area contributed by atoms with Crippen LogP contribution >= 0.6 is 0 Å². The summed E-state index contributed by atoms with van der Waals surface area (Å²) in [5, 5.41) is 6.10. The topological polar surface area (TPSA) is 66.0 Å². The van der Waals surface area contributed by atoms with Gasteiger partial charge in [0.15, 0.2) is 5.96 Å². The van der Waals surface area contributed by atoms with Gasteiger partial charge < -0.3 is 20.3 Å². The number of ether oxygens (including phenoxy) is 1. The Bertz CT molecular complexity index is 420. The molecule has 6 heteroatoms. The Hall–Kier alpha value is -1.90. The lowest BCUT2D eigenvalue weighted by atomic mass is 10.2. The summed E-state index contributed by atoms with van der Waals surface area (Å²) in [5.74, 6) is 3.30. The van der Waals surface area contributed by atoms with E-state index in [4.69, 9.17) is 11.2 Å². The highest BCUT2D eigenvalue weighted by atomic mass is 16.6. The minimum atomic E-state index is -0.481. The molecule has 1 aliphatic heterocycles. The fraction of sp³-hybridized carbons (Fsp3) is 0.733. The normalized spacial score (nSPS) is 19.1. The van der Waals surface area contributed by atoms with Crippen molar-refractivity contribution in [3.05, 3.63) is 0 Å². The molecule has 0 aromatic rings. The first-order valence-electron chi connectivity index (χ1n) is 7.32. The van der Waals surface area contributed by atoms with E-state index in [0.717, 1.165) is 25.5 Å². The van der Waals surface area contributed by atoms with Crippen LogP contribution in [-0.2, 0) is 4.74 Å². The van der Waals surface area contributed by atoms with Crippen LogP contribution in [0.3, 0.4) is 0 Å². The Labute approximate surface area is 127 Å². The van der Waals surface area contributed by atoms with E-state index in [9.17, 15) is 4.79 Å². The highest BCUT2D eigenvalue weighted by molar-refractivity contribution is 5.80. The minimum absolute atomic E-state index is 0.0644. The molecule has 1 atom stereocenters. The number of amides is 1. The van der Waals surface area contributed by atoms with E-state index >= 15 is 0 Å². The summed E-state index contributed by atoms with van der Waals surface area (Å²) in [6.07, 6.45) is 5.73. The van der Waals surface area contributed by atoms with Crippen molar-refractivity contribution in [3.8, 4) is 12.3 Å². The summed E-state index contributed by atoms with van der Waals surface area (Å²) in [6, 6.07) is 0.0644. The summed E-state index contributed by atoms with van der Waals surface area (Å²) < 4.78 is 5.27. The zero-order valence-corrected chi connectivity index (χ0v) is 13.4. The van der Waals surface area contributed by atoms with Gasteiger partial charge in [0.2, 0.25) is 0 Å². The quantitative estimate of drug-likeness (QED) is 0.466. The average molecular weight is 294 g/mol. The molecule has 0 aromatic carbocycles. The first-order chi connectivity index (χ1) is 9.85. The van der Waals surface area contributed by atoms with Crippen molar-refractivity contribution in [2.45, 2.75) is 45.8 Å². The van der Waals surface area contributed by atoms with E-state index in [1.165, 1.54) is 0 Å². The van der Waals surface area contributed by atoms with Crippen molar-refractivity contribution in [3.63, 3.8) is 0 Å². The molecule has 0 radical (unpaired) electrons. The van der Waals surface area contributed by atoms with Crippen LogP contribution in [0.4, 0.5) is 4.79 Å². The maximum atomic E-state index is 11.8. The number of rotatable bonds is 3. The van der Waals surface area contributed by atoms with Crippen molar-refractivity contribution in [2.24, 2.45) is 4.99 Å². The van der Waals surface area contributed by atoms with Gasteiger partial charge in [-0.3, -0.25) is 0 Å². The first kappa shape index (κ1) is 17.2. The van der Waals surface area contributed by atoms with Crippen molar-refractivity contribution in [1.29, 1.82) is 0 Å². The minimum Gasteiger partial charge on any atom is -0.444 e. The van der Waals surface area contributed by atoms with Crippen molar-refractivity contribution >= 4 is 12.1 Å². The zero-order valence-electron chi connectivity index (χ0n) is 13.4. The predicted octanol–water partition coefficient (Wildman–Crippen LogP) is 1.18. The Balaban J connectivity index is 2.51. The van der Waals surface area contributed by atoms with Crippen LogP contribution in [0.1, 0.15) is 34.1 Å². The van der Waals surface area contributed by atoms with Gasteiger partial charge >= 0.3 is 6.09 Å². The third-order valence-electron chi connectivity index (χ3n) is 2.86. The predicted molar refractivity (Wildman–Crippen MR) is 84.2 cm³/mol. The van der Waals surface area contributed by atoms with Gasteiger partial charge in [0.05, 0.1) is 6.04 Å². The SMILES string of the molecule is C#CCN=C(NCC)N1CCC(NC(=O)OC(C)(C)C)C1. The molecule has 1 fully saturated rings. The lowest BCUT2D eigenvalue weighted by Crippen LogP contribution is -2.44. The van der Waals surface area contributed by atoms with Crippen LogP contribution in [0, 0.1) is 12.3 Å². The molecular formula is C15H26N4O2. The Kier molecular flexibility index (Phi) is 6.35. The molecule has 118 valence electrons. The van der Waals surface area contributed by atoms with Gasteiger partial charge in [-0.2, -0.15) is 0 Å². The summed E-state index contributed by atoms with van der Waals surface area (Å²) >= 11 is 0. The standard InChI is InChI=1S/C15H26N4O2/c1-6-9-17-13(16-7-2)19-10-8-12(11-19)18-14(20)21-15(3,4)5/h1,12H,7-11H2,2-5H3,(H,16,17)(H,18,20). The van der Waals surface area contributed by atoms with Crippen LogP contribution < -0.4 is 10.6 Å². The monoisotopic (exact) mass is 294 g/mol. The lowest BCUT2D eigenvalue weighted by Gasteiger charge is -2.23. The maximum absolute atomic E-state index is 11.8. The molecule has 6 nitrogen and oxygen atoms in total. The third-order valence-corrected chi connectivity index (χ3v) is 2.86. The number of alkyl carbamates (subject to hydrolysis) is 1. The number of nitrogens with one attached hydrogen (secondary N) is 2. The molecule has 1 heterocycles. The second kappa shape index (κ2) is 7.77. The molecule has 21 heavy (non-hydrogen) atoms. The second-order valence-electron chi connectivity index (χ2n) is 5.95. The molecule has 1 amide bonds. The molecule has 2 N–H and O–H groups in total. The van der Waals surface area contributed by atoms with E-state index < -0.39 is 5.60 Å². The molecule has 1 aliphatic rings. The van der Waals surface area contributed by atoms with E-state index in [2.05, 4.69) is 26.4 Å². The van der Waals surface area contributed by atoms with Gasteiger partial charge in [-0.25, -0.2) is 9.79 Å². The number of carbonyl (C=O) groups is 1. The molecule has 0 aromatic heterocycles. The molecular weight excluding hydrogens is 268 g/mol. The zero-order chi connectivity index (χ0) is 15.9. The Morgan fingerprint density at radius 1 is 1.52 bits per heavy atom. The van der Waals surface area contributed by atoms with Gasteiger partial charge in [-0.1, -0.05) is 5.92 Å². The molecule has 0 saturated carbocycles. The summed E-state index contributed by atoms with van der Waals surface area (Å²) in [7, 11) is 0. The molecule has 0 spiro atoms. The fourth-order valence-corrected chi connectivity index (χ4v) is 2.09. The molecule has 0 bridgehead atoms. The van der Waals surface area contributed by atoms with E-state index in [-0.39, 0.29) is 12.1 Å². The molecule has 1 unspecified atom stereocenters. The van der Waals surface area contributed by atoms with Crippen LogP contribution in [0.5, 0.6) is 0 Å². The van der Waals surface area contributed by atoms with Gasteiger partial charge in [0.1, 0.15) is 12.1 Å². The van der Waals surface area contributed by atoms with Gasteiger partial charge in [-0.15, -0.1) is 6.42 Å². The summed E-state index contributed by atoms with van der Waals surface area (Å²) in [5.41, 5.74) is -0.481. The number of terminal acetylenes is 1. The number of hydrogen-bond acceptors (Lipinski definition) is 3. The molecule has 1 saturated heterocycles. The highest BCUT2D eigenvalue weighted by Gasteiger charge is 2.27. The van der Waals surface area contributed by atoms with Crippen LogP contribution in [0.2, 0.25) is 0 Å². The molecule has 0 aliphatic carbocycles. The van der Waals surface area contributed by atoms with Crippen LogP contribution in [0.15, 0.2) is 4.99 Å². The third kappa shape index (κ3) is 6.39. The maximum Gasteiger partial charge on any atom is 0.407 e. The van der Waals surface area contributed by atoms with Crippen LogP contribution in [0.25, 0.3) is 0 Å². The number of aliphatic imine (C=N–C) groups is 1. The van der Waals surface area contributed by atoms with Gasteiger partial charge in [0.25, 0.3) is 0 Å².